The first kappa shape index (κ1) is 14.9. The van der Waals surface area contributed by atoms with E-state index in [1.54, 1.807) is 12.1 Å². The van der Waals surface area contributed by atoms with E-state index in [1.165, 1.54) is 16.8 Å². The largest absolute Gasteiger partial charge is 0.443 e. The molecule has 0 amide bonds. The molecule has 3 rings (SSSR count). The minimum atomic E-state index is -0.582. The number of nitrogens with zero attached hydrogens (tertiary/aromatic N) is 3. The first-order chi connectivity index (χ1) is 10.5. The Morgan fingerprint density at radius 2 is 2.41 bits per heavy atom. The third-order valence-electron chi connectivity index (χ3n) is 3.20. The minimum Gasteiger partial charge on any atom is -0.443 e. The SMILES string of the molecule is O=[N+]([O-])c1cn2c(n1)OC[C@@H](OCc1ccc(Br)cc1F)C2. The molecule has 1 atom stereocenters. The summed E-state index contributed by atoms with van der Waals surface area (Å²) in [6.45, 7) is 0.680. The van der Waals surface area contributed by atoms with Crippen LogP contribution in [0.2, 0.25) is 0 Å². The number of hydrogen-bond acceptors (Lipinski definition) is 5. The van der Waals surface area contributed by atoms with E-state index in [0.717, 1.165) is 0 Å². The van der Waals surface area contributed by atoms with Gasteiger partial charge in [0.2, 0.25) is 0 Å². The Kier molecular flexibility index (Phi) is 4.08. The predicted octanol–water partition coefficient (Wildman–Crippen LogP) is 2.67. The van der Waals surface area contributed by atoms with Crippen LogP contribution in [0.5, 0.6) is 6.01 Å². The molecule has 0 fully saturated rings. The second-order valence-corrected chi connectivity index (χ2v) is 5.69. The van der Waals surface area contributed by atoms with Gasteiger partial charge < -0.3 is 19.6 Å². The molecule has 1 aliphatic heterocycles. The van der Waals surface area contributed by atoms with Crippen LogP contribution in [0.4, 0.5) is 10.2 Å². The van der Waals surface area contributed by atoms with Gasteiger partial charge in [-0.1, -0.05) is 22.0 Å². The van der Waals surface area contributed by atoms with Crippen LogP contribution in [-0.4, -0.2) is 27.2 Å². The third-order valence-corrected chi connectivity index (χ3v) is 3.70. The maximum absolute atomic E-state index is 13.7. The highest BCUT2D eigenvalue weighted by Crippen LogP contribution is 2.23. The number of benzene rings is 1. The Bertz CT molecular complexity index is 721. The smallest absolute Gasteiger partial charge is 0.414 e. The van der Waals surface area contributed by atoms with Gasteiger partial charge in [0.1, 0.15) is 24.7 Å². The van der Waals surface area contributed by atoms with Crippen molar-refractivity contribution in [2.45, 2.75) is 19.3 Å². The van der Waals surface area contributed by atoms with Gasteiger partial charge in [-0.05, 0) is 17.1 Å². The van der Waals surface area contributed by atoms with Crippen LogP contribution in [-0.2, 0) is 17.9 Å². The zero-order valence-electron chi connectivity index (χ0n) is 11.2. The molecule has 2 heterocycles. The van der Waals surface area contributed by atoms with E-state index >= 15 is 0 Å². The van der Waals surface area contributed by atoms with Crippen LogP contribution in [0.1, 0.15) is 5.56 Å². The summed E-state index contributed by atoms with van der Waals surface area (Å²) in [7, 11) is 0. The summed E-state index contributed by atoms with van der Waals surface area (Å²) in [5, 5.41) is 10.7. The summed E-state index contributed by atoms with van der Waals surface area (Å²) in [6.07, 6.45) is 0.967. The number of ether oxygens (including phenoxy) is 2. The van der Waals surface area contributed by atoms with E-state index in [4.69, 9.17) is 9.47 Å². The standard InChI is InChI=1S/C13H11BrFN3O4/c14-9-2-1-8(11(15)3-9)6-21-10-4-17-5-12(18(19)20)16-13(17)22-7-10/h1-3,5,10H,4,6-7H2/t10-/m0/s1. The lowest BCUT2D eigenvalue weighted by Crippen LogP contribution is -2.32. The van der Waals surface area contributed by atoms with Gasteiger partial charge in [0.15, 0.2) is 0 Å². The van der Waals surface area contributed by atoms with Gasteiger partial charge in [0.25, 0.3) is 0 Å². The zero-order chi connectivity index (χ0) is 15.7. The van der Waals surface area contributed by atoms with Gasteiger partial charge in [-0.15, -0.1) is 0 Å². The second kappa shape index (κ2) is 6.01. The number of fused-ring (bicyclic) bond motifs is 1. The molecule has 0 spiro atoms. The fraction of sp³-hybridized carbons (Fsp3) is 0.308. The molecule has 116 valence electrons. The number of rotatable bonds is 4. The molecule has 1 aromatic heterocycles. The van der Waals surface area contributed by atoms with Crippen molar-refractivity contribution in [3.63, 3.8) is 0 Å². The van der Waals surface area contributed by atoms with Crippen molar-refractivity contribution in [1.82, 2.24) is 9.55 Å². The molecule has 0 unspecified atom stereocenters. The molecule has 9 heteroatoms. The minimum absolute atomic E-state index is 0.0965. The number of hydrogen-bond donors (Lipinski definition) is 0. The van der Waals surface area contributed by atoms with Gasteiger partial charge in [0, 0.05) is 15.0 Å². The highest BCUT2D eigenvalue weighted by Gasteiger charge is 2.28. The van der Waals surface area contributed by atoms with Gasteiger partial charge >= 0.3 is 11.8 Å². The van der Waals surface area contributed by atoms with E-state index < -0.39 is 4.92 Å². The molecular formula is C13H11BrFN3O4. The topological polar surface area (TPSA) is 79.4 Å². The molecular weight excluding hydrogens is 361 g/mol. The third kappa shape index (κ3) is 3.09. The normalized spacial score (nSPS) is 16.9. The quantitative estimate of drug-likeness (QED) is 0.609. The van der Waals surface area contributed by atoms with E-state index in [2.05, 4.69) is 20.9 Å². The maximum Gasteiger partial charge on any atom is 0.414 e. The highest BCUT2D eigenvalue weighted by molar-refractivity contribution is 9.10. The van der Waals surface area contributed by atoms with E-state index in [-0.39, 0.29) is 37.0 Å². The van der Waals surface area contributed by atoms with Crippen molar-refractivity contribution in [2.75, 3.05) is 6.61 Å². The lowest BCUT2D eigenvalue weighted by atomic mass is 10.2. The summed E-state index contributed by atoms with van der Waals surface area (Å²) in [4.78, 5) is 13.8. The number of halogens is 2. The first-order valence-corrected chi connectivity index (χ1v) is 7.22. The van der Waals surface area contributed by atoms with Crippen LogP contribution < -0.4 is 4.74 Å². The van der Waals surface area contributed by atoms with Crippen molar-refractivity contribution in [1.29, 1.82) is 0 Å². The maximum atomic E-state index is 13.7. The van der Waals surface area contributed by atoms with Crippen molar-refractivity contribution >= 4 is 21.7 Å². The fourth-order valence-corrected chi connectivity index (χ4v) is 2.44. The number of imidazole rings is 1. The molecule has 7 nitrogen and oxygen atoms in total. The Balaban J connectivity index is 1.64. The van der Waals surface area contributed by atoms with Gasteiger partial charge in [-0.25, -0.2) is 4.39 Å². The molecule has 0 saturated carbocycles. The van der Waals surface area contributed by atoms with Crippen LogP contribution in [0.25, 0.3) is 0 Å². The Morgan fingerprint density at radius 3 is 3.14 bits per heavy atom. The number of nitro groups is 1. The van der Waals surface area contributed by atoms with Crippen molar-refractivity contribution in [3.05, 3.63) is 50.4 Å². The van der Waals surface area contributed by atoms with E-state index in [9.17, 15) is 14.5 Å². The first-order valence-electron chi connectivity index (χ1n) is 6.43. The molecule has 2 aromatic rings. The lowest BCUT2D eigenvalue weighted by molar-refractivity contribution is -0.389. The molecule has 0 radical (unpaired) electrons. The molecule has 0 saturated heterocycles. The van der Waals surface area contributed by atoms with Crippen LogP contribution in [0.15, 0.2) is 28.9 Å². The Morgan fingerprint density at radius 1 is 1.59 bits per heavy atom. The molecule has 1 aliphatic rings. The van der Waals surface area contributed by atoms with Crippen LogP contribution >= 0.6 is 15.9 Å². The zero-order valence-corrected chi connectivity index (χ0v) is 12.8. The summed E-state index contributed by atoms with van der Waals surface area (Å²) in [5.74, 6) is -0.625. The molecule has 22 heavy (non-hydrogen) atoms. The van der Waals surface area contributed by atoms with Crippen molar-refractivity contribution in [3.8, 4) is 6.01 Å². The molecule has 0 bridgehead atoms. The average molecular weight is 372 g/mol. The van der Waals surface area contributed by atoms with Crippen molar-refractivity contribution in [2.24, 2.45) is 0 Å². The summed E-state index contributed by atoms with van der Waals surface area (Å²) in [5.41, 5.74) is 0.436. The van der Waals surface area contributed by atoms with Crippen LogP contribution in [0, 0.1) is 15.9 Å². The van der Waals surface area contributed by atoms with Crippen molar-refractivity contribution < 1.29 is 18.8 Å². The second-order valence-electron chi connectivity index (χ2n) is 4.77. The Labute approximate surface area is 132 Å². The van der Waals surface area contributed by atoms with E-state index in [0.29, 0.717) is 16.6 Å². The monoisotopic (exact) mass is 371 g/mol. The van der Waals surface area contributed by atoms with Gasteiger partial charge in [0.05, 0.1) is 13.2 Å². The summed E-state index contributed by atoms with van der Waals surface area (Å²) >= 11 is 3.19. The van der Waals surface area contributed by atoms with E-state index in [1.807, 2.05) is 0 Å². The average Bonchev–Trinajstić information content (AvgIpc) is 2.89. The molecule has 0 aliphatic carbocycles. The summed E-state index contributed by atoms with van der Waals surface area (Å²) < 4.78 is 26.8. The molecule has 0 N–H and O–H groups in total. The van der Waals surface area contributed by atoms with Gasteiger partial charge in [-0.3, -0.25) is 4.57 Å². The predicted molar refractivity (Wildman–Crippen MR) is 77.1 cm³/mol. The summed E-state index contributed by atoms with van der Waals surface area (Å²) in [6, 6.07) is 4.93. The number of aromatic nitrogens is 2. The lowest BCUT2D eigenvalue weighted by Gasteiger charge is -2.22. The van der Waals surface area contributed by atoms with Crippen LogP contribution in [0.3, 0.4) is 0 Å². The molecule has 1 aromatic carbocycles. The fourth-order valence-electron chi connectivity index (χ4n) is 2.11. The highest BCUT2D eigenvalue weighted by atomic mass is 79.9. The van der Waals surface area contributed by atoms with Gasteiger partial charge in [-0.2, -0.15) is 0 Å². The Hall–Kier alpha value is -2.00.